The van der Waals surface area contributed by atoms with Gasteiger partial charge >= 0.3 is 5.69 Å². The third-order valence-electron chi connectivity index (χ3n) is 4.34. The molecule has 5 nitrogen and oxygen atoms in total. The van der Waals surface area contributed by atoms with E-state index in [1.165, 1.54) is 0 Å². The van der Waals surface area contributed by atoms with E-state index in [0.29, 0.717) is 12.2 Å². The lowest BCUT2D eigenvalue weighted by atomic mass is 9.96. The van der Waals surface area contributed by atoms with Crippen molar-refractivity contribution < 1.29 is 4.74 Å². The standard InChI is InChI=1S/C20H25N3O2/c1-20(2,3)12-23-15-10-9-13(11-16(15)22(4)19(23)24)18-14(21)7-6-8-17(18)25-5/h6-11H,12,21H2,1-5H3. The highest BCUT2D eigenvalue weighted by Gasteiger charge is 2.19. The fourth-order valence-electron chi connectivity index (χ4n) is 3.22. The first-order valence-electron chi connectivity index (χ1n) is 8.35. The minimum absolute atomic E-state index is 0.00456. The van der Waals surface area contributed by atoms with Crippen LogP contribution in [0.4, 0.5) is 5.69 Å². The largest absolute Gasteiger partial charge is 0.496 e. The molecule has 0 aliphatic heterocycles. The van der Waals surface area contributed by atoms with Gasteiger partial charge in [-0.3, -0.25) is 9.13 Å². The smallest absolute Gasteiger partial charge is 0.328 e. The molecule has 1 heterocycles. The Morgan fingerprint density at radius 1 is 1.12 bits per heavy atom. The summed E-state index contributed by atoms with van der Waals surface area (Å²) in [7, 11) is 3.44. The van der Waals surface area contributed by atoms with Crippen LogP contribution in [-0.4, -0.2) is 16.2 Å². The van der Waals surface area contributed by atoms with E-state index >= 15 is 0 Å². The molecule has 0 fully saturated rings. The van der Waals surface area contributed by atoms with Gasteiger partial charge in [0.15, 0.2) is 0 Å². The molecule has 5 heteroatoms. The van der Waals surface area contributed by atoms with Gasteiger partial charge in [-0.05, 0) is 35.2 Å². The highest BCUT2D eigenvalue weighted by molar-refractivity contribution is 5.88. The van der Waals surface area contributed by atoms with E-state index in [1.54, 1.807) is 18.7 Å². The van der Waals surface area contributed by atoms with Crippen molar-refractivity contribution in [2.75, 3.05) is 12.8 Å². The molecular formula is C20H25N3O2. The number of aromatic nitrogens is 2. The lowest BCUT2D eigenvalue weighted by Gasteiger charge is -2.18. The maximum Gasteiger partial charge on any atom is 0.328 e. The number of hydrogen-bond acceptors (Lipinski definition) is 3. The second-order valence-corrected chi connectivity index (χ2v) is 7.62. The maximum absolute atomic E-state index is 12.7. The Hall–Kier alpha value is -2.69. The van der Waals surface area contributed by atoms with Gasteiger partial charge in [0, 0.05) is 24.8 Å². The zero-order valence-electron chi connectivity index (χ0n) is 15.5. The van der Waals surface area contributed by atoms with Crippen LogP contribution in [0.3, 0.4) is 0 Å². The first-order chi connectivity index (χ1) is 11.7. The van der Waals surface area contributed by atoms with Gasteiger partial charge in [0.25, 0.3) is 0 Å². The van der Waals surface area contributed by atoms with Crippen molar-refractivity contribution in [3.8, 4) is 16.9 Å². The number of nitrogens with zero attached hydrogens (tertiary/aromatic N) is 2. The predicted octanol–water partition coefficient (Wildman–Crippen LogP) is 3.64. The van der Waals surface area contributed by atoms with Crippen molar-refractivity contribution in [2.24, 2.45) is 12.5 Å². The molecule has 132 valence electrons. The van der Waals surface area contributed by atoms with Crippen molar-refractivity contribution >= 4 is 16.7 Å². The van der Waals surface area contributed by atoms with Gasteiger partial charge in [0.2, 0.25) is 0 Å². The summed E-state index contributed by atoms with van der Waals surface area (Å²) in [5, 5.41) is 0. The zero-order chi connectivity index (χ0) is 18.4. The molecule has 0 aliphatic carbocycles. The van der Waals surface area contributed by atoms with Gasteiger partial charge < -0.3 is 10.5 Å². The normalized spacial score (nSPS) is 11.9. The van der Waals surface area contributed by atoms with Crippen molar-refractivity contribution in [2.45, 2.75) is 27.3 Å². The van der Waals surface area contributed by atoms with Crippen LogP contribution in [0.2, 0.25) is 0 Å². The number of nitrogens with two attached hydrogens (primary N) is 1. The molecule has 0 bridgehead atoms. The molecule has 0 atom stereocenters. The van der Waals surface area contributed by atoms with Crippen LogP contribution in [0.5, 0.6) is 5.75 Å². The minimum Gasteiger partial charge on any atom is -0.496 e. The summed E-state index contributed by atoms with van der Waals surface area (Å²) in [6.07, 6.45) is 0. The van der Waals surface area contributed by atoms with E-state index in [1.807, 2.05) is 41.0 Å². The van der Waals surface area contributed by atoms with Crippen LogP contribution in [0.25, 0.3) is 22.2 Å². The highest BCUT2D eigenvalue weighted by atomic mass is 16.5. The highest BCUT2D eigenvalue weighted by Crippen LogP contribution is 2.36. The third kappa shape index (κ3) is 3.02. The van der Waals surface area contributed by atoms with Crippen LogP contribution in [0, 0.1) is 5.41 Å². The molecule has 25 heavy (non-hydrogen) atoms. The van der Waals surface area contributed by atoms with Crippen molar-refractivity contribution in [3.63, 3.8) is 0 Å². The van der Waals surface area contributed by atoms with Gasteiger partial charge in [-0.2, -0.15) is 0 Å². The number of hydrogen-bond donors (Lipinski definition) is 1. The Labute approximate surface area is 147 Å². The average molecular weight is 339 g/mol. The van der Waals surface area contributed by atoms with Gasteiger partial charge in [0.05, 0.1) is 18.1 Å². The summed E-state index contributed by atoms with van der Waals surface area (Å²) in [4.78, 5) is 12.7. The van der Waals surface area contributed by atoms with Crippen LogP contribution >= 0.6 is 0 Å². The van der Waals surface area contributed by atoms with Crippen LogP contribution in [0.1, 0.15) is 20.8 Å². The SMILES string of the molecule is COc1cccc(N)c1-c1ccc2c(c1)n(C)c(=O)n2CC(C)(C)C. The molecule has 2 N–H and O–H groups in total. The summed E-state index contributed by atoms with van der Waals surface area (Å²) in [5.74, 6) is 0.721. The molecule has 0 radical (unpaired) electrons. The Bertz CT molecular complexity index is 991. The Morgan fingerprint density at radius 3 is 2.48 bits per heavy atom. The zero-order valence-corrected chi connectivity index (χ0v) is 15.5. The van der Waals surface area contributed by atoms with Crippen LogP contribution < -0.4 is 16.2 Å². The van der Waals surface area contributed by atoms with Gasteiger partial charge in [-0.1, -0.05) is 32.9 Å². The minimum atomic E-state index is -0.00456. The molecule has 0 unspecified atom stereocenters. The maximum atomic E-state index is 12.7. The Morgan fingerprint density at radius 2 is 1.84 bits per heavy atom. The topological polar surface area (TPSA) is 62.2 Å². The molecule has 1 aromatic heterocycles. The number of fused-ring (bicyclic) bond motifs is 1. The van der Waals surface area contributed by atoms with E-state index in [4.69, 9.17) is 10.5 Å². The molecule has 0 amide bonds. The summed E-state index contributed by atoms with van der Waals surface area (Å²) < 4.78 is 8.99. The molecule has 0 saturated heterocycles. The molecule has 3 rings (SSSR count). The Kier molecular flexibility index (Phi) is 4.11. The summed E-state index contributed by atoms with van der Waals surface area (Å²) in [5.41, 5.74) is 10.4. The van der Waals surface area contributed by atoms with Crippen LogP contribution in [0.15, 0.2) is 41.2 Å². The third-order valence-corrected chi connectivity index (χ3v) is 4.34. The van der Waals surface area contributed by atoms with Gasteiger partial charge in [-0.25, -0.2) is 4.79 Å². The average Bonchev–Trinajstić information content (AvgIpc) is 2.78. The number of aryl methyl sites for hydroxylation is 1. The van der Waals surface area contributed by atoms with Crippen molar-refractivity contribution in [3.05, 3.63) is 46.9 Å². The summed E-state index contributed by atoms with van der Waals surface area (Å²) in [6.45, 7) is 7.05. The number of rotatable bonds is 3. The number of nitrogen functional groups attached to an aromatic ring is 1. The van der Waals surface area contributed by atoms with Crippen molar-refractivity contribution in [1.29, 1.82) is 0 Å². The first kappa shape index (κ1) is 17.1. The Balaban J connectivity index is 2.24. The predicted molar refractivity (Wildman–Crippen MR) is 103 cm³/mol. The second-order valence-electron chi connectivity index (χ2n) is 7.62. The van der Waals surface area contributed by atoms with E-state index < -0.39 is 0 Å². The molecule has 0 saturated carbocycles. The molecule has 3 aromatic rings. The number of anilines is 1. The summed E-state index contributed by atoms with van der Waals surface area (Å²) >= 11 is 0. The second kappa shape index (κ2) is 5.99. The lowest BCUT2D eigenvalue weighted by molar-refractivity contribution is 0.342. The molecule has 0 spiro atoms. The quantitative estimate of drug-likeness (QED) is 0.741. The van der Waals surface area contributed by atoms with Gasteiger partial charge in [-0.15, -0.1) is 0 Å². The molecular weight excluding hydrogens is 314 g/mol. The molecule has 2 aromatic carbocycles. The van der Waals surface area contributed by atoms with E-state index in [9.17, 15) is 4.79 Å². The first-order valence-corrected chi connectivity index (χ1v) is 8.35. The van der Waals surface area contributed by atoms with E-state index in [-0.39, 0.29) is 11.1 Å². The molecule has 0 aliphatic rings. The van der Waals surface area contributed by atoms with Crippen LogP contribution in [-0.2, 0) is 13.6 Å². The lowest BCUT2D eigenvalue weighted by Crippen LogP contribution is -2.27. The van der Waals surface area contributed by atoms with E-state index in [2.05, 4.69) is 20.8 Å². The van der Waals surface area contributed by atoms with E-state index in [0.717, 1.165) is 27.9 Å². The van der Waals surface area contributed by atoms with Gasteiger partial charge in [0.1, 0.15) is 5.75 Å². The number of ether oxygens (including phenoxy) is 1. The number of benzene rings is 2. The fraction of sp³-hybridized carbons (Fsp3) is 0.350. The number of methoxy groups -OCH3 is 1. The fourth-order valence-corrected chi connectivity index (χ4v) is 3.22. The summed E-state index contributed by atoms with van der Waals surface area (Å²) in [6, 6.07) is 11.6. The number of imidazole rings is 1. The monoisotopic (exact) mass is 339 g/mol. The van der Waals surface area contributed by atoms with Crippen molar-refractivity contribution in [1.82, 2.24) is 9.13 Å².